The van der Waals surface area contributed by atoms with E-state index in [0.717, 1.165) is 18.6 Å². The molecule has 94 valence electrons. The lowest BCUT2D eigenvalue weighted by Crippen LogP contribution is -2.16. The molecular formula is C15H21ClO. The summed E-state index contributed by atoms with van der Waals surface area (Å²) < 4.78 is 5.89. The molecule has 1 nitrogen and oxygen atoms in total. The summed E-state index contributed by atoms with van der Waals surface area (Å²) >= 11 is 6.28. The Morgan fingerprint density at radius 3 is 2.71 bits per heavy atom. The average molecular weight is 253 g/mol. The van der Waals surface area contributed by atoms with Crippen molar-refractivity contribution in [3.05, 3.63) is 29.8 Å². The van der Waals surface area contributed by atoms with Crippen LogP contribution in [0.5, 0.6) is 5.75 Å². The maximum absolute atomic E-state index is 6.28. The minimum atomic E-state index is 0.228. The van der Waals surface area contributed by atoms with Crippen molar-refractivity contribution >= 4 is 11.6 Å². The molecule has 0 radical (unpaired) electrons. The van der Waals surface area contributed by atoms with Crippen LogP contribution in [0.3, 0.4) is 0 Å². The van der Waals surface area contributed by atoms with Gasteiger partial charge in [0.15, 0.2) is 0 Å². The molecule has 0 saturated heterocycles. The molecule has 0 amide bonds. The van der Waals surface area contributed by atoms with E-state index in [1.54, 1.807) is 0 Å². The molecule has 1 aromatic rings. The molecule has 1 aliphatic rings. The van der Waals surface area contributed by atoms with E-state index in [2.05, 4.69) is 32.0 Å². The zero-order valence-corrected chi connectivity index (χ0v) is 11.4. The Balaban J connectivity index is 2.18. The average Bonchev–Trinajstić information content (AvgIpc) is 2.29. The fourth-order valence-electron chi connectivity index (χ4n) is 2.59. The Morgan fingerprint density at radius 1 is 1.24 bits per heavy atom. The molecule has 0 spiro atoms. The molecule has 0 aliphatic heterocycles. The highest BCUT2D eigenvalue weighted by Gasteiger charge is 2.24. The molecule has 2 atom stereocenters. The van der Waals surface area contributed by atoms with Gasteiger partial charge in [-0.1, -0.05) is 24.6 Å². The van der Waals surface area contributed by atoms with Gasteiger partial charge in [0.25, 0.3) is 0 Å². The largest absolute Gasteiger partial charge is 0.491 e. The molecular weight excluding hydrogens is 232 g/mol. The highest BCUT2D eigenvalue weighted by atomic mass is 35.5. The van der Waals surface area contributed by atoms with E-state index in [0.29, 0.717) is 11.3 Å². The second kappa shape index (κ2) is 5.77. The van der Waals surface area contributed by atoms with Crippen LogP contribution in [-0.2, 0) is 0 Å². The van der Waals surface area contributed by atoms with Crippen LogP contribution in [0.25, 0.3) is 0 Å². The Kier molecular flexibility index (Phi) is 4.33. The van der Waals surface area contributed by atoms with Crippen LogP contribution in [0.1, 0.15) is 51.0 Å². The van der Waals surface area contributed by atoms with Crippen molar-refractivity contribution in [1.29, 1.82) is 0 Å². The van der Waals surface area contributed by atoms with Gasteiger partial charge in [-0.05, 0) is 50.7 Å². The van der Waals surface area contributed by atoms with Gasteiger partial charge in [0.2, 0.25) is 0 Å². The zero-order chi connectivity index (χ0) is 12.3. The van der Waals surface area contributed by atoms with Crippen molar-refractivity contribution in [1.82, 2.24) is 0 Å². The summed E-state index contributed by atoms with van der Waals surface area (Å²) in [7, 11) is 0. The molecule has 1 aromatic carbocycles. The number of alkyl halides is 1. The number of halogens is 1. The number of ether oxygens (including phenoxy) is 1. The first-order chi connectivity index (χ1) is 8.16. The van der Waals surface area contributed by atoms with Crippen LogP contribution >= 0.6 is 11.6 Å². The predicted octanol–water partition coefficient (Wildman–Crippen LogP) is 4.74. The molecule has 0 N–H and O–H groups in total. The van der Waals surface area contributed by atoms with Crippen LogP contribution in [0.2, 0.25) is 0 Å². The Morgan fingerprint density at radius 2 is 2.00 bits per heavy atom. The normalized spacial score (nSPS) is 24.9. The summed E-state index contributed by atoms with van der Waals surface area (Å²) in [6.07, 6.45) is 4.94. The monoisotopic (exact) mass is 252 g/mol. The van der Waals surface area contributed by atoms with Gasteiger partial charge >= 0.3 is 0 Å². The molecule has 1 fully saturated rings. The van der Waals surface area contributed by atoms with Crippen LogP contribution < -0.4 is 4.74 Å². The molecule has 0 aromatic heterocycles. The first-order valence-corrected chi connectivity index (χ1v) is 7.00. The fourth-order valence-corrected chi connectivity index (χ4v) is 2.96. The highest BCUT2D eigenvalue weighted by Crippen LogP contribution is 2.39. The second-order valence-electron chi connectivity index (χ2n) is 5.17. The van der Waals surface area contributed by atoms with E-state index in [-0.39, 0.29) is 6.10 Å². The Labute approximate surface area is 109 Å². The van der Waals surface area contributed by atoms with E-state index < -0.39 is 0 Å². The van der Waals surface area contributed by atoms with E-state index in [4.69, 9.17) is 16.3 Å². The fraction of sp³-hybridized carbons (Fsp3) is 0.600. The van der Waals surface area contributed by atoms with Crippen molar-refractivity contribution < 1.29 is 4.74 Å². The first-order valence-electron chi connectivity index (χ1n) is 6.56. The smallest absolute Gasteiger partial charge is 0.123 e. The van der Waals surface area contributed by atoms with Gasteiger partial charge in [0, 0.05) is 5.38 Å². The second-order valence-corrected chi connectivity index (χ2v) is 5.78. The van der Waals surface area contributed by atoms with Gasteiger partial charge in [0.1, 0.15) is 5.75 Å². The van der Waals surface area contributed by atoms with Gasteiger partial charge in [0.05, 0.1) is 6.10 Å². The molecule has 1 saturated carbocycles. The summed E-state index contributed by atoms with van der Waals surface area (Å²) in [6, 6.07) is 8.41. The first kappa shape index (κ1) is 12.8. The van der Waals surface area contributed by atoms with Gasteiger partial charge in [-0.2, -0.15) is 0 Å². The maximum atomic E-state index is 6.28. The Bertz CT molecular complexity index is 362. The number of para-hydroxylation sites is 1. The topological polar surface area (TPSA) is 9.23 Å². The molecule has 2 heteroatoms. The summed E-state index contributed by atoms with van der Waals surface area (Å²) in [6.45, 7) is 4.14. The number of hydrogen-bond donors (Lipinski definition) is 0. The van der Waals surface area contributed by atoms with Gasteiger partial charge < -0.3 is 4.74 Å². The third-order valence-electron chi connectivity index (χ3n) is 3.33. The van der Waals surface area contributed by atoms with E-state index in [1.807, 2.05) is 6.07 Å². The van der Waals surface area contributed by atoms with Crippen molar-refractivity contribution in [2.24, 2.45) is 0 Å². The zero-order valence-electron chi connectivity index (χ0n) is 10.7. The third kappa shape index (κ3) is 3.38. The van der Waals surface area contributed by atoms with E-state index >= 15 is 0 Å². The van der Waals surface area contributed by atoms with Gasteiger partial charge in [-0.15, -0.1) is 11.6 Å². The summed E-state index contributed by atoms with van der Waals surface area (Å²) in [4.78, 5) is 0. The maximum Gasteiger partial charge on any atom is 0.123 e. The van der Waals surface area contributed by atoms with Crippen molar-refractivity contribution in [2.75, 3.05) is 0 Å². The predicted molar refractivity (Wildman–Crippen MR) is 73.1 cm³/mol. The van der Waals surface area contributed by atoms with Gasteiger partial charge in [-0.3, -0.25) is 0 Å². The number of benzene rings is 1. The van der Waals surface area contributed by atoms with Crippen LogP contribution in [0.15, 0.2) is 24.3 Å². The minimum absolute atomic E-state index is 0.228. The molecule has 1 aliphatic carbocycles. The third-order valence-corrected chi connectivity index (χ3v) is 3.73. The van der Waals surface area contributed by atoms with Gasteiger partial charge in [-0.25, -0.2) is 0 Å². The highest BCUT2D eigenvalue weighted by molar-refractivity contribution is 6.20. The summed E-state index contributed by atoms with van der Waals surface area (Å²) in [5.74, 6) is 1.61. The lowest BCUT2D eigenvalue weighted by atomic mass is 9.83. The summed E-state index contributed by atoms with van der Waals surface area (Å²) in [5.41, 5.74) is 1.34. The molecule has 17 heavy (non-hydrogen) atoms. The van der Waals surface area contributed by atoms with Crippen molar-refractivity contribution in [3.63, 3.8) is 0 Å². The summed E-state index contributed by atoms with van der Waals surface area (Å²) in [5, 5.41) is 0.334. The quantitative estimate of drug-likeness (QED) is 0.706. The van der Waals surface area contributed by atoms with Crippen LogP contribution in [-0.4, -0.2) is 11.5 Å². The number of hydrogen-bond acceptors (Lipinski definition) is 1. The van der Waals surface area contributed by atoms with E-state index in [9.17, 15) is 0 Å². The molecule has 2 unspecified atom stereocenters. The van der Waals surface area contributed by atoms with Crippen LogP contribution in [0.4, 0.5) is 0 Å². The lowest BCUT2D eigenvalue weighted by Gasteiger charge is -2.27. The Hall–Kier alpha value is -0.690. The molecule has 2 rings (SSSR count). The standard InChI is InChI=1S/C15H21ClO/c1-11(2)17-15-9-4-3-8-14(15)12-6-5-7-13(16)10-12/h3-4,8-9,11-13H,5-7,10H2,1-2H3. The molecule has 0 bridgehead atoms. The van der Waals surface area contributed by atoms with Crippen molar-refractivity contribution in [3.8, 4) is 5.75 Å². The van der Waals surface area contributed by atoms with Crippen molar-refractivity contribution in [2.45, 2.75) is 56.9 Å². The van der Waals surface area contributed by atoms with E-state index in [1.165, 1.54) is 18.4 Å². The number of rotatable bonds is 3. The minimum Gasteiger partial charge on any atom is -0.491 e. The SMILES string of the molecule is CC(C)Oc1ccccc1C1CCCC(Cl)C1. The lowest BCUT2D eigenvalue weighted by molar-refractivity contribution is 0.237. The molecule has 0 heterocycles. The van der Waals surface area contributed by atoms with Crippen LogP contribution in [0, 0.1) is 0 Å².